The predicted octanol–water partition coefficient (Wildman–Crippen LogP) is 3.16. The van der Waals surface area contributed by atoms with Crippen LogP contribution < -0.4 is 4.72 Å². The Hall–Kier alpha value is -2.58. The molecule has 2 aromatic carbocycles. The second kappa shape index (κ2) is 9.70. The molecule has 0 radical (unpaired) electrons. The quantitative estimate of drug-likeness (QED) is 0.663. The molecule has 1 N–H and O–H groups in total. The van der Waals surface area contributed by atoms with Crippen LogP contribution in [0.4, 0.5) is 4.39 Å². The van der Waals surface area contributed by atoms with E-state index < -0.39 is 28.2 Å². The Morgan fingerprint density at radius 2 is 1.74 bits per heavy atom. The van der Waals surface area contributed by atoms with Gasteiger partial charge >= 0.3 is 0 Å². The van der Waals surface area contributed by atoms with Crippen LogP contribution in [0.5, 0.6) is 0 Å². The van der Waals surface area contributed by atoms with Crippen LogP contribution in [0.1, 0.15) is 35.7 Å². The lowest BCUT2D eigenvalue weighted by Crippen LogP contribution is -2.41. The number of amides is 1. The third-order valence-electron chi connectivity index (χ3n) is 5.63. The summed E-state index contributed by atoms with van der Waals surface area (Å²) in [6, 6.07) is 12.4. The van der Waals surface area contributed by atoms with Gasteiger partial charge in [-0.2, -0.15) is 0 Å². The van der Waals surface area contributed by atoms with Gasteiger partial charge in [0.15, 0.2) is 5.78 Å². The Kier molecular flexibility index (Phi) is 7.23. The molecule has 6 nitrogen and oxygen atoms in total. The van der Waals surface area contributed by atoms with Crippen LogP contribution in [-0.2, 0) is 14.8 Å². The zero-order valence-corrected chi connectivity index (χ0v) is 18.5. The number of carbonyl (C=O) groups is 2. The van der Waals surface area contributed by atoms with E-state index in [-0.39, 0.29) is 23.1 Å². The van der Waals surface area contributed by atoms with Crippen molar-refractivity contribution in [1.82, 2.24) is 9.62 Å². The van der Waals surface area contributed by atoms with Crippen molar-refractivity contribution >= 4 is 21.7 Å². The standard InChI is InChI=1S/C23H27FN2O4S/c1-16-12-20(19-6-4-3-5-7-19)13-21(23(16)24)22(28)14-25-31(29,30)15-18-8-10-26(11-9-18)17(2)27/h3-7,12-13,18,25H,8-11,14-15H2,1-2H3. The number of Topliss-reactive ketones (excluding diaryl/α,β-unsaturated/α-hetero) is 1. The van der Waals surface area contributed by atoms with Gasteiger partial charge in [0.05, 0.1) is 17.9 Å². The minimum Gasteiger partial charge on any atom is -0.343 e. The van der Waals surface area contributed by atoms with Crippen molar-refractivity contribution in [2.45, 2.75) is 26.7 Å². The highest BCUT2D eigenvalue weighted by Gasteiger charge is 2.26. The number of piperidine rings is 1. The largest absolute Gasteiger partial charge is 0.343 e. The molecule has 1 aliphatic rings. The smallest absolute Gasteiger partial charge is 0.219 e. The number of ketones is 1. The average Bonchev–Trinajstić information content (AvgIpc) is 2.74. The highest BCUT2D eigenvalue weighted by atomic mass is 32.2. The molecule has 1 fully saturated rings. The highest BCUT2D eigenvalue weighted by molar-refractivity contribution is 7.89. The van der Waals surface area contributed by atoms with Crippen LogP contribution in [0.3, 0.4) is 0 Å². The molecule has 31 heavy (non-hydrogen) atoms. The molecule has 0 saturated carbocycles. The summed E-state index contributed by atoms with van der Waals surface area (Å²) in [6.45, 7) is 3.65. The van der Waals surface area contributed by atoms with Crippen molar-refractivity contribution in [2.75, 3.05) is 25.4 Å². The normalized spacial score (nSPS) is 15.1. The first-order chi connectivity index (χ1) is 14.7. The number of sulfonamides is 1. The average molecular weight is 447 g/mol. The Balaban J connectivity index is 1.65. The van der Waals surface area contributed by atoms with Crippen LogP contribution in [-0.4, -0.2) is 50.4 Å². The number of rotatable bonds is 7. The van der Waals surface area contributed by atoms with Crippen LogP contribution in [0.15, 0.2) is 42.5 Å². The molecule has 1 saturated heterocycles. The van der Waals surface area contributed by atoms with Crippen molar-refractivity contribution in [3.05, 3.63) is 59.4 Å². The van der Waals surface area contributed by atoms with E-state index in [0.717, 1.165) is 5.56 Å². The molecule has 2 aromatic rings. The van der Waals surface area contributed by atoms with Gasteiger partial charge in [0, 0.05) is 20.0 Å². The summed E-state index contributed by atoms with van der Waals surface area (Å²) < 4.78 is 41.8. The molecule has 8 heteroatoms. The Labute approximate surface area is 182 Å². The van der Waals surface area contributed by atoms with Crippen molar-refractivity contribution in [2.24, 2.45) is 5.92 Å². The minimum atomic E-state index is -3.70. The molecular weight excluding hydrogens is 419 g/mol. The zero-order chi connectivity index (χ0) is 22.6. The number of likely N-dealkylation sites (tertiary alicyclic amines) is 1. The maximum Gasteiger partial charge on any atom is 0.219 e. The van der Waals surface area contributed by atoms with E-state index in [4.69, 9.17) is 0 Å². The monoisotopic (exact) mass is 446 g/mol. The summed E-state index contributed by atoms with van der Waals surface area (Å²) in [5.74, 6) is -1.46. The number of aryl methyl sites for hydroxylation is 1. The third-order valence-corrected chi connectivity index (χ3v) is 7.12. The molecule has 0 spiro atoms. The molecule has 1 aliphatic heterocycles. The van der Waals surface area contributed by atoms with Gasteiger partial charge in [0.25, 0.3) is 0 Å². The van der Waals surface area contributed by atoms with Crippen LogP contribution in [0.25, 0.3) is 11.1 Å². The molecule has 3 rings (SSSR count). The first-order valence-corrected chi connectivity index (χ1v) is 11.9. The summed E-state index contributed by atoms with van der Waals surface area (Å²) in [5, 5.41) is 0. The van der Waals surface area contributed by atoms with E-state index in [9.17, 15) is 22.4 Å². The number of hydrogen-bond donors (Lipinski definition) is 1. The van der Waals surface area contributed by atoms with Crippen molar-refractivity contribution < 1.29 is 22.4 Å². The summed E-state index contributed by atoms with van der Waals surface area (Å²) in [5.41, 5.74) is 1.74. The van der Waals surface area contributed by atoms with Gasteiger partial charge in [-0.25, -0.2) is 17.5 Å². The van der Waals surface area contributed by atoms with Crippen LogP contribution in [0, 0.1) is 18.7 Å². The minimum absolute atomic E-state index is 0.0138. The summed E-state index contributed by atoms with van der Waals surface area (Å²) in [4.78, 5) is 25.7. The zero-order valence-electron chi connectivity index (χ0n) is 17.7. The SMILES string of the molecule is CC(=O)N1CCC(CS(=O)(=O)NCC(=O)c2cc(-c3ccccc3)cc(C)c2F)CC1. The van der Waals surface area contributed by atoms with Crippen LogP contribution >= 0.6 is 0 Å². The number of benzene rings is 2. The third kappa shape index (κ3) is 5.98. The lowest BCUT2D eigenvalue weighted by atomic mass is 9.98. The molecule has 0 unspecified atom stereocenters. The Morgan fingerprint density at radius 1 is 1.10 bits per heavy atom. The molecule has 1 heterocycles. The Bertz CT molecular complexity index is 1060. The van der Waals surface area contributed by atoms with Crippen molar-refractivity contribution in [3.8, 4) is 11.1 Å². The molecule has 166 valence electrons. The van der Waals surface area contributed by atoms with E-state index in [1.165, 1.54) is 13.0 Å². The van der Waals surface area contributed by atoms with E-state index in [1.807, 2.05) is 30.3 Å². The summed E-state index contributed by atoms with van der Waals surface area (Å²) >= 11 is 0. The van der Waals surface area contributed by atoms with E-state index in [1.54, 1.807) is 17.9 Å². The predicted molar refractivity (Wildman–Crippen MR) is 118 cm³/mol. The van der Waals surface area contributed by atoms with E-state index in [0.29, 0.717) is 37.1 Å². The maximum atomic E-state index is 14.6. The first-order valence-electron chi connectivity index (χ1n) is 10.3. The second-order valence-electron chi connectivity index (χ2n) is 8.00. The topological polar surface area (TPSA) is 83.6 Å². The summed E-state index contributed by atoms with van der Waals surface area (Å²) in [6.07, 6.45) is 1.20. The number of carbonyl (C=O) groups excluding carboxylic acids is 2. The molecular formula is C23H27FN2O4S. The van der Waals surface area contributed by atoms with Gasteiger partial charge < -0.3 is 4.90 Å². The summed E-state index contributed by atoms with van der Waals surface area (Å²) in [7, 11) is -3.70. The number of hydrogen-bond acceptors (Lipinski definition) is 4. The van der Waals surface area contributed by atoms with Gasteiger partial charge in [0.2, 0.25) is 15.9 Å². The molecule has 0 aliphatic carbocycles. The van der Waals surface area contributed by atoms with Gasteiger partial charge in [-0.3, -0.25) is 9.59 Å². The Morgan fingerprint density at radius 3 is 2.35 bits per heavy atom. The fourth-order valence-corrected chi connectivity index (χ4v) is 5.25. The van der Waals surface area contributed by atoms with E-state index >= 15 is 0 Å². The second-order valence-corrected chi connectivity index (χ2v) is 9.85. The van der Waals surface area contributed by atoms with Crippen molar-refractivity contribution in [1.29, 1.82) is 0 Å². The van der Waals surface area contributed by atoms with Crippen molar-refractivity contribution in [3.63, 3.8) is 0 Å². The molecule has 0 aromatic heterocycles. The fourth-order valence-electron chi connectivity index (χ4n) is 3.82. The first kappa shape index (κ1) is 23.1. The number of nitrogens with zero attached hydrogens (tertiary/aromatic N) is 1. The molecule has 1 amide bonds. The highest BCUT2D eigenvalue weighted by Crippen LogP contribution is 2.25. The maximum absolute atomic E-state index is 14.6. The number of halogens is 1. The van der Waals surface area contributed by atoms with Gasteiger partial charge in [0.1, 0.15) is 5.82 Å². The lowest BCUT2D eigenvalue weighted by Gasteiger charge is -2.31. The van der Waals surface area contributed by atoms with Gasteiger partial charge in [-0.05, 0) is 54.5 Å². The molecule has 0 atom stereocenters. The van der Waals surface area contributed by atoms with E-state index in [2.05, 4.69) is 4.72 Å². The molecule has 0 bridgehead atoms. The lowest BCUT2D eigenvalue weighted by molar-refractivity contribution is -0.130. The van der Waals surface area contributed by atoms with Gasteiger partial charge in [-0.15, -0.1) is 0 Å². The van der Waals surface area contributed by atoms with Crippen LogP contribution in [0.2, 0.25) is 0 Å². The van der Waals surface area contributed by atoms with Gasteiger partial charge in [-0.1, -0.05) is 30.3 Å². The number of nitrogens with one attached hydrogen (secondary N) is 1. The fraction of sp³-hybridized carbons (Fsp3) is 0.391.